The number of unbranched alkanes of at least 4 members (excludes halogenated alkanes) is 13. The molecule has 246 valence electrons. The molecule has 1 fully saturated rings. The largest absolute Gasteiger partial charge is 0.481 e. The molecule has 1 heterocycles. The van der Waals surface area contributed by atoms with Gasteiger partial charge in [-0.25, -0.2) is 4.79 Å². The van der Waals surface area contributed by atoms with E-state index in [1.54, 1.807) is 0 Å². The Balaban J connectivity index is 2.05. The van der Waals surface area contributed by atoms with Gasteiger partial charge in [0, 0.05) is 44.7 Å². The lowest BCUT2D eigenvalue weighted by atomic mass is 9.94. The predicted molar refractivity (Wildman–Crippen MR) is 163 cm³/mol. The van der Waals surface area contributed by atoms with Crippen LogP contribution in [0.25, 0.3) is 0 Å². The summed E-state index contributed by atoms with van der Waals surface area (Å²) in [6.07, 6.45) is 15.7. The van der Waals surface area contributed by atoms with Crippen LogP contribution in [0.5, 0.6) is 0 Å². The molecule has 1 saturated heterocycles. The van der Waals surface area contributed by atoms with Crippen molar-refractivity contribution in [2.45, 2.75) is 142 Å². The average Bonchev–Trinajstić information content (AvgIpc) is 3.23. The van der Waals surface area contributed by atoms with Crippen LogP contribution in [0.1, 0.15) is 136 Å². The highest BCUT2D eigenvalue weighted by molar-refractivity contribution is 6.03. The first kappa shape index (κ1) is 38.0. The Morgan fingerprint density at radius 1 is 0.744 bits per heavy atom. The van der Waals surface area contributed by atoms with Crippen molar-refractivity contribution in [1.82, 2.24) is 15.5 Å². The first-order chi connectivity index (χ1) is 20.5. The summed E-state index contributed by atoms with van der Waals surface area (Å²) in [5, 5.41) is 23.2. The Morgan fingerprint density at radius 3 is 1.67 bits per heavy atom. The molecule has 43 heavy (non-hydrogen) atoms. The average molecular weight is 610 g/mol. The molecule has 4 amide bonds. The summed E-state index contributed by atoms with van der Waals surface area (Å²) in [4.78, 5) is 72.1. The van der Waals surface area contributed by atoms with Crippen LogP contribution in [0.15, 0.2) is 0 Å². The Morgan fingerprint density at radius 2 is 1.23 bits per heavy atom. The van der Waals surface area contributed by atoms with Gasteiger partial charge in [-0.15, -0.1) is 0 Å². The van der Waals surface area contributed by atoms with Gasteiger partial charge in [0.1, 0.15) is 6.04 Å². The van der Waals surface area contributed by atoms with Crippen LogP contribution in [0.2, 0.25) is 0 Å². The number of carboxylic acids is 2. The van der Waals surface area contributed by atoms with Gasteiger partial charge in [0.2, 0.25) is 23.6 Å². The second kappa shape index (κ2) is 22.5. The van der Waals surface area contributed by atoms with Crippen LogP contribution in [-0.2, 0) is 28.8 Å². The van der Waals surface area contributed by atoms with Crippen LogP contribution >= 0.6 is 0 Å². The van der Waals surface area contributed by atoms with E-state index in [1.165, 1.54) is 49.8 Å². The molecular weight excluding hydrogens is 554 g/mol. The van der Waals surface area contributed by atoms with Crippen molar-refractivity contribution in [2.75, 3.05) is 13.1 Å². The molecule has 2 atom stereocenters. The summed E-state index contributed by atoms with van der Waals surface area (Å²) in [5.41, 5.74) is 0. The number of hydrogen-bond acceptors (Lipinski definition) is 6. The third-order valence-electron chi connectivity index (χ3n) is 8.08. The van der Waals surface area contributed by atoms with Crippen molar-refractivity contribution in [1.29, 1.82) is 0 Å². The molecule has 0 radical (unpaired) electrons. The molecular formula is C32H55N3O8. The summed E-state index contributed by atoms with van der Waals surface area (Å²) >= 11 is 0. The molecule has 0 spiro atoms. The predicted octanol–water partition coefficient (Wildman–Crippen LogP) is 4.81. The minimum absolute atomic E-state index is 0.0449. The van der Waals surface area contributed by atoms with Gasteiger partial charge in [-0.3, -0.25) is 28.9 Å². The zero-order valence-electron chi connectivity index (χ0n) is 26.4. The van der Waals surface area contributed by atoms with Crippen molar-refractivity contribution < 1.29 is 39.0 Å². The van der Waals surface area contributed by atoms with Crippen LogP contribution in [-0.4, -0.2) is 69.8 Å². The standard InChI is InChI=1S/C32H55N3O8/c1-24(2)25-23-29(38)35(31(25)41)22-21-33-27(36)20-19-26(32(42)43)34-28(37)17-15-13-11-9-7-5-3-4-6-8-10-12-14-16-18-30(39)40/h24-26H,3-23H2,1-2H3,(H,33,36)(H,34,37)(H,39,40)(H,42,43). The third kappa shape index (κ3) is 17.7. The molecule has 11 nitrogen and oxygen atoms in total. The summed E-state index contributed by atoms with van der Waals surface area (Å²) in [6.45, 7) is 3.98. The van der Waals surface area contributed by atoms with Crippen molar-refractivity contribution in [3.05, 3.63) is 0 Å². The first-order valence-electron chi connectivity index (χ1n) is 16.4. The molecule has 1 aliphatic rings. The van der Waals surface area contributed by atoms with E-state index in [0.717, 1.165) is 38.5 Å². The molecule has 1 rings (SSSR count). The zero-order chi connectivity index (χ0) is 32.0. The molecule has 2 unspecified atom stereocenters. The lowest BCUT2D eigenvalue weighted by molar-refractivity contribution is -0.142. The van der Waals surface area contributed by atoms with Gasteiger partial charge in [-0.2, -0.15) is 0 Å². The number of nitrogens with zero attached hydrogens (tertiary/aromatic N) is 1. The summed E-state index contributed by atoms with van der Waals surface area (Å²) < 4.78 is 0. The van der Waals surface area contributed by atoms with Crippen molar-refractivity contribution in [2.24, 2.45) is 11.8 Å². The fourth-order valence-corrected chi connectivity index (χ4v) is 5.34. The van der Waals surface area contributed by atoms with Gasteiger partial charge in [0.15, 0.2) is 0 Å². The van der Waals surface area contributed by atoms with Crippen LogP contribution in [0.3, 0.4) is 0 Å². The number of nitrogens with one attached hydrogen (secondary N) is 2. The number of likely N-dealkylation sites (tertiary alicyclic amines) is 1. The van der Waals surface area contributed by atoms with E-state index in [0.29, 0.717) is 6.42 Å². The highest BCUT2D eigenvalue weighted by Crippen LogP contribution is 2.25. The lowest BCUT2D eigenvalue weighted by Gasteiger charge is -2.17. The number of carboxylic acid groups (broad SMARTS) is 2. The van der Waals surface area contributed by atoms with Gasteiger partial charge in [0.25, 0.3) is 0 Å². The van der Waals surface area contributed by atoms with E-state index in [9.17, 15) is 33.9 Å². The number of carbonyl (C=O) groups excluding carboxylic acids is 4. The highest BCUT2D eigenvalue weighted by Gasteiger charge is 2.39. The van der Waals surface area contributed by atoms with E-state index < -0.39 is 23.9 Å². The normalized spacial score (nSPS) is 15.6. The lowest BCUT2D eigenvalue weighted by Crippen LogP contribution is -2.42. The summed E-state index contributed by atoms with van der Waals surface area (Å²) in [7, 11) is 0. The maximum absolute atomic E-state index is 12.3. The molecule has 0 aromatic rings. The summed E-state index contributed by atoms with van der Waals surface area (Å²) in [6, 6.07) is -1.15. The highest BCUT2D eigenvalue weighted by atomic mass is 16.4. The SMILES string of the molecule is CC(C)C1CC(=O)N(CCNC(=O)CCC(NC(=O)CCCCCCCCCCCCCCCCC(=O)O)C(=O)O)C1=O. The van der Waals surface area contributed by atoms with Gasteiger partial charge < -0.3 is 20.8 Å². The Labute approximate surface area is 256 Å². The Bertz CT molecular complexity index is 892. The minimum Gasteiger partial charge on any atom is -0.481 e. The molecule has 11 heteroatoms. The van der Waals surface area contributed by atoms with E-state index in [-0.39, 0.29) is 74.8 Å². The van der Waals surface area contributed by atoms with Crippen molar-refractivity contribution in [3.63, 3.8) is 0 Å². The topological polar surface area (TPSA) is 170 Å². The maximum atomic E-state index is 12.3. The minimum atomic E-state index is -1.19. The fraction of sp³-hybridized carbons (Fsp3) is 0.812. The molecule has 0 aromatic heterocycles. The first-order valence-corrected chi connectivity index (χ1v) is 16.4. The summed E-state index contributed by atoms with van der Waals surface area (Å²) in [5.74, 6) is -3.35. The van der Waals surface area contributed by atoms with Crippen LogP contribution < -0.4 is 10.6 Å². The number of rotatable bonds is 26. The van der Waals surface area contributed by atoms with Crippen LogP contribution in [0.4, 0.5) is 0 Å². The maximum Gasteiger partial charge on any atom is 0.326 e. The fourth-order valence-electron chi connectivity index (χ4n) is 5.34. The van der Waals surface area contributed by atoms with Gasteiger partial charge in [0.05, 0.1) is 0 Å². The number of aliphatic carboxylic acids is 2. The third-order valence-corrected chi connectivity index (χ3v) is 8.08. The molecule has 0 aromatic carbocycles. The quantitative estimate of drug-likeness (QED) is 0.0800. The second-order valence-corrected chi connectivity index (χ2v) is 12.1. The molecule has 0 bridgehead atoms. The van der Waals surface area contributed by atoms with Gasteiger partial charge in [-0.1, -0.05) is 90.9 Å². The monoisotopic (exact) mass is 609 g/mol. The molecule has 4 N–H and O–H groups in total. The Kier molecular flexibility index (Phi) is 19.9. The molecule has 0 saturated carbocycles. The van der Waals surface area contributed by atoms with Crippen LogP contribution in [0, 0.1) is 11.8 Å². The smallest absolute Gasteiger partial charge is 0.326 e. The molecule has 1 aliphatic heterocycles. The van der Waals surface area contributed by atoms with E-state index in [2.05, 4.69) is 10.6 Å². The van der Waals surface area contributed by atoms with Crippen molar-refractivity contribution >= 4 is 35.6 Å². The number of imide groups is 1. The van der Waals surface area contributed by atoms with Gasteiger partial charge in [-0.05, 0) is 25.2 Å². The van der Waals surface area contributed by atoms with Crippen molar-refractivity contribution in [3.8, 4) is 0 Å². The number of hydrogen-bond donors (Lipinski definition) is 4. The van der Waals surface area contributed by atoms with E-state index in [1.807, 2.05) is 13.8 Å². The number of amides is 4. The second-order valence-electron chi connectivity index (χ2n) is 12.1. The zero-order valence-corrected chi connectivity index (χ0v) is 26.4. The van der Waals surface area contributed by atoms with E-state index >= 15 is 0 Å². The number of carbonyl (C=O) groups is 6. The van der Waals surface area contributed by atoms with Gasteiger partial charge >= 0.3 is 11.9 Å². The Hall–Kier alpha value is -2.98. The van der Waals surface area contributed by atoms with E-state index in [4.69, 9.17) is 5.11 Å². The molecule has 0 aliphatic carbocycles.